The molecule has 0 aromatic heterocycles. The highest BCUT2D eigenvalue weighted by molar-refractivity contribution is 9.10. The minimum absolute atomic E-state index is 0.240. The van der Waals surface area contributed by atoms with Gasteiger partial charge in [-0.1, -0.05) is 15.9 Å². The summed E-state index contributed by atoms with van der Waals surface area (Å²) >= 11 is 3.27. The van der Waals surface area contributed by atoms with E-state index in [-0.39, 0.29) is 5.91 Å². The lowest BCUT2D eigenvalue weighted by atomic mass is 10.2. The summed E-state index contributed by atoms with van der Waals surface area (Å²) in [6.07, 6.45) is 0. The van der Waals surface area contributed by atoms with Crippen LogP contribution < -0.4 is 15.4 Å². The van der Waals surface area contributed by atoms with Crippen LogP contribution in [0.2, 0.25) is 0 Å². The number of hydrogen-bond acceptors (Lipinski definition) is 5. The fourth-order valence-electron chi connectivity index (χ4n) is 2.07. The van der Waals surface area contributed by atoms with Crippen molar-refractivity contribution in [2.75, 3.05) is 24.4 Å². The Bertz CT molecular complexity index is 821. The van der Waals surface area contributed by atoms with E-state index in [1.807, 2.05) is 0 Å². The summed E-state index contributed by atoms with van der Waals surface area (Å²) in [4.78, 5) is 35.1. The van der Waals surface area contributed by atoms with Crippen LogP contribution in [0, 0.1) is 0 Å². The molecule has 2 amide bonds. The molecule has 2 aromatic carbocycles. The molecule has 0 aliphatic heterocycles. The van der Waals surface area contributed by atoms with E-state index in [1.54, 1.807) is 42.5 Å². The Hall–Kier alpha value is -2.87. The summed E-state index contributed by atoms with van der Waals surface area (Å²) in [6.45, 7) is 0.923. The first-order valence-electron chi connectivity index (χ1n) is 7.57. The molecule has 0 atom stereocenters. The average Bonchev–Trinajstić information content (AvgIpc) is 2.60. The molecule has 8 heteroatoms. The van der Waals surface area contributed by atoms with Gasteiger partial charge in [0.25, 0.3) is 5.91 Å². The average molecular weight is 421 g/mol. The van der Waals surface area contributed by atoms with Gasteiger partial charge in [0.1, 0.15) is 5.75 Å². The first kappa shape index (κ1) is 19.5. The lowest BCUT2D eigenvalue weighted by Crippen LogP contribution is -2.21. The standard InChI is InChI=1S/C18H17BrN2O5/c1-11(22)20-14-7-8-16(25-2)15(9-14)21-17(23)10-26-18(24)12-3-5-13(19)6-4-12/h3-9H,10H2,1-2H3,(H,20,22)(H,21,23). The Morgan fingerprint density at radius 2 is 1.73 bits per heavy atom. The van der Waals surface area contributed by atoms with E-state index in [4.69, 9.17) is 9.47 Å². The highest BCUT2D eigenvalue weighted by Gasteiger charge is 2.13. The van der Waals surface area contributed by atoms with E-state index in [1.165, 1.54) is 14.0 Å². The number of anilines is 2. The molecule has 2 aromatic rings. The highest BCUT2D eigenvalue weighted by Crippen LogP contribution is 2.27. The van der Waals surface area contributed by atoms with Crippen LogP contribution in [-0.2, 0) is 14.3 Å². The summed E-state index contributed by atoms with van der Waals surface area (Å²) in [5.41, 5.74) is 1.19. The maximum Gasteiger partial charge on any atom is 0.338 e. The van der Waals surface area contributed by atoms with E-state index >= 15 is 0 Å². The lowest BCUT2D eigenvalue weighted by Gasteiger charge is -2.12. The van der Waals surface area contributed by atoms with Gasteiger partial charge in [0, 0.05) is 17.1 Å². The van der Waals surface area contributed by atoms with Gasteiger partial charge in [0.05, 0.1) is 18.4 Å². The van der Waals surface area contributed by atoms with Gasteiger partial charge in [-0.25, -0.2) is 4.79 Å². The minimum Gasteiger partial charge on any atom is -0.495 e. The Balaban J connectivity index is 1.99. The van der Waals surface area contributed by atoms with E-state index in [9.17, 15) is 14.4 Å². The summed E-state index contributed by atoms with van der Waals surface area (Å²) in [6, 6.07) is 11.4. The maximum atomic E-state index is 12.1. The zero-order valence-corrected chi connectivity index (χ0v) is 15.8. The van der Waals surface area contributed by atoms with Crippen LogP contribution >= 0.6 is 15.9 Å². The third kappa shape index (κ3) is 5.59. The zero-order chi connectivity index (χ0) is 19.1. The Kier molecular flexibility index (Phi) is 6.74. The van der Waals surface area contributed by atoms with Gasteiger partial charge in [0.15, 0.2) is 6.61 Å². The van der Waals surface area contributed by atoms with Crippen LogP contribution in [0.4, 0.5) is 11.4 Å². The van der Waals surface area contributed by atoms with Crippen molar-refractivity contribution in [1.82, 2.24) is 0 Å². The predicted molar refractivity (Wildman–Crippen MR) is 100 cm³/mol. The number of halogens is 1. The van der Waals surface area contributed by atoms with Crippen LogP contribution in [0.1, 0.15) is 17.3 Å². The number of nitrogens with one attached hydrogen (secondary N) is 2. The van der Waals surface area contributed by atoms with Crippen molar-refractivity contribution in [3.63, 3.8) is 0 Å². The van der Waals surface area contributed by atoms with E-state index in [0.29, 0.717) is 22.7 Å². The van der Waals surface area contributed by atoms with E-state index in [2.05, 4.69) is 26.6 Å². The number of ether oxygens (including phenoxy) is 2. The van der Waals surface area contributed by atoms with Gasteiger partial charge in [0.2, 0.25) is 5.91 Å². The minimum atomic E-state index is -0.605. The third-order valence-electron chi connectivity index (χ3n) is 3.21. The van der Waals surface area contributed by atoms with Crippen LogP contribution in [0.5, 0.6) is 5.75 Å². The van der Waals surface area contributed by atoms with Crippen LogP contribution in [0.25, 0.3) is 0 Å². The first-order valence-corrected chi connectivity index (χ1v) is 8.36. The molecule has 2 rings (SSSR count). The summed E-state index contributed by atoms with van der Waals surface area (Å²) < 4.78 is 11.0. The molecule has 0 aliphatic rings. The number of carbonyl (C=O) groups is 3. The molecule has 0 saturated carbocycles. The number of benzene rings is 2. The van der Waals surface area contributed by atoms with Crippen molar-refractivity contribution in [3.8, 4) is 5.75 Å². The molecule has 136 valence electrons. The second-order valence-electron chi connectivity index (χ2n) is 5.23. The molecule has 0 bridgehead atoms. The molecule has 0 saturated heterocycles. The van der Waals surface area contributed by atoms with Gasteiger partial charge < -0.3 is 20.1 Å². The molecular formula is C18H17BrN2O5. The summed E-state index contributed by atoms with van der Waals surface area (Å²) in [5, 5.41) is 5.20. The fraction of sp³-hybridized carbons (Fsp3) is 0.167. The largest absolute Gasteiger partial charge is 0.495 e. The van der Waals surface area contributed by atoms with Crippen LogP contribution in [0.15, 0.2) is 46.9 Å². The van der Waals surface area contributed by atoms with Crippen LogP contribution in [-0.4, -0.2) is 31.5 Å². The van der Waals surface area contributed by atoms with Crippen LogP contribution in [0.3, 0.4) is 0 Å². The molecule has 7 nitrogen and oxygen atoms in total. The molecule has 0 fully saturated rings. The smallest absolute Gasteiger partial charge is 0.338 e. The molecule has 2 N–H and O–H groups in total. The lowest BCUT2D eigenvalue weighted by molar-refractivity contribution is -0.119. The van der Waals surface area contributed by atoms with Crippen molar-refractivity contribution in [3.05, 3.63) is 52.5 Å². The van der Waals surface area contributed by atoms with Crippen molar-refractivity contribution in [2.24, 2.45) is 0 Å². The molecule has 0 heterocycles. The molecule has 0 spiro atoms. The number of amides is 2. The Labute approximate surface area is 158 Å². The monoisotopic (exact) mass is 420 g/mol. The molecular weight excluding hydrogens is 404 g/mol. The quantitative estimate of drug-likeness (QED) is 0.699. The third-order valence-corrected chi connectivity index (χ3v) is 3.74. The number of hydrogen-bond donors (Lipinski definition) is 2. The molecule has 0 aliphatic carbocycles. The first-order chi connectivity index (χ1) is 12.4. The maximum absolute atomic E-state index is 12.1. The predicted octanol–water partition coefficient (Wildman–Crippen LogP) is 3.21. The van der Waals surface area contributed by atoms with Gasteiger partial charge >= 0.3 is 5.97 Å². The number of carbonyl (C=O) groups excluding carboxylic acids is 3. The van der Waals surface area contributed by atoms with Crippen molar-refractivity contribution in [2.45, 2.75) is 6.92 Å². The Morgan fingerprint density at radius 3 is 2.35 bits per heavy atom. The summed E-state index contributed by atoms with van der Waals surface area (Å²) in [5.74, 6) is -0.970. The number of methoxy groups -OCH3 is 1. The fourth-order valence-corrected chi connectivity index (χ4v) is 2.34. The normalized spacial score (nSPS) is 9.96. The summed E-state index contributed by atoms with van der Waals surface area (Å²) in [7, 11) is 1.45. The second kappa shape index (κ2) is 9.00. The molecule has 26 heavy (non-hydrogen) atoms. The van der Waals surface area contributed by atoms with Gasteiger partial charge in [-0.3, -0.25) is 9.59 Å². The van der Waals surface area contributed by atoms with Gasteiger partial charge in [-0.2, -0.15) is 0 Å². The number of rotatable bonds is 6. The van der Waals surface area contributed by atoms with Gasteiger partial charge in [-0.05, 0) is 42.5 Å². The topological polar surface area (TPSA) is 93.7 Å². The molecule has 0 radical (unpaired) electrons. The van der Waals surface area contributed by atoms with Gasteiger partial charge in [-0.15, -0.1) is 0 Å². The van der Waals surface area contributed by atoms with E-state index < -0.39 is 18.5 Å². The Morgan fingerprint density at radius 1 is 1.04 bits per heavy atom. The number of esters is 1. The highest BCUT2D eigenvalue weighted by atomic mass is 79.9. The van der Waals surface area contributed by atoms with Crippen molar-refractivity contribution in [1.29, 1.82) is 0 Å². The van der Waals surface area contributed by atoms with E-state index in [0.717, 1.165) is 4.47 Å². The van der Waals surface area contributed by atoms with Crippen molar-refractivity contribution < 1.29 is 23.9 Å². The van der Waals surface area contributed by atoms with Crippen molar-refractivity contribution >= 4 is 45.1 Å². The SMILES string of the molecule is COc1ccc(NC(C)=O)cc1NC(=O)COC(=O)c1ccc(Br)cc1. The zero-order valence-electron chi connectivity index (χ0n) is 14.2. The second-order valence-corrected chi connectivity index (χ2v) is 6.14. The molecule has 0 unspecified atom stereocenters.